The van der Waals surface area contributed by atoms with Crippen molar-refractivity contribution in [2.24, 2.45) is 0 Å². The van der Waals surface area contributed by atoms with Gasteiger partial charge in [0.15, 0.2) is 0 Å². The van der Waals surface area contributed by atoms with E-state index in [-0.39, 0.29) is 11.8 Å². The molecule has 0 radical (unpaired) electrons. The van der Waals surface area contributed by atoms with Gasteiger partial charge in [0.1, 0.15) is 5.75 Å². The summed E-state index contributed by atoms with van der Waals surface area (Å²) in [4.78, 5) is 0. The van der Waals surface area contributed by atoms with Crippen LogP contribution >= 0.6 is 11.3 Å². The van der Waals surface area contributed by atoms with Gasteiger partial charge >= 0.3 is 6.61 Å². The van der Waals surface area contributed by atoms with Gasteiger partial charge in [-0.05, 0) is 53.1 Å². The Morgan fingerprint density at radius 2 is 1.95 bits per heavy atom. The number of hydrogen-bond acceptors (Lipinski definition) is 3. The van der Waals surface area contributed by atoms with Gasteiger partial charge in [-0.25, -0.2) is 0 Å². The summed E-state index contributed by atoms with van der Waals surface area (Å²) in [5, 5.41) is 7.59. The van der Waals surface area contributed by atoms with Crippen LogP contribution in [0.5, 0.6) is 5.75 Å². The third kappa shape index (κ3) is 4.28. The number of rotatable bonds is 7. The smallest absolute Gasteiger partial charge is 0.387 e. The van der Waals surface area contributed by atoms with Gasteiger partial charge in [-0.2, -0.15) is 20.1 Å². The van der Waals surface area contributed by atoms with E-state index in [0.29, 0.717) is 0 Å². The van der Waals surface area contributed by atoms with Crippen LogP contribution in [0.4, 0.5) is 8.78 Å². The molecule has 5 heteroatoms. The first-order valence-electron chi connectivity index (χ1n) is 6.48. The lowest BCUT2D eigenvalue weighted by molar-refractivity contribution is -0.0498. The molecule has 0 aliphatic rings. The molecule has 1 aromatic heterocycles. The highest BCUT2D eigenvalue weighted by Gasteiger charge is 2.12. The van der Waals surface area contributed by atoms with Crippen molar-refractivity contribution in [1.29, 1.82) is 0 Å². The molecule has 2 nitrogen and oxygen atoms in total. The maximum absolute atomic E-state index is 12.1. The normalized spacial score (nSPS) is 12.6. The van der Waals surface area contributed by atoms with Gasteiger partial charge in [-0.3, -0.25) is 0 Å². The van der Waals surface area contributed by atoms with Gasteiger partial charge < -0.3 is 10.1 Å². The van der Waals surface area contributed by atoms with Crippen LogP contribution < -0.4 is 10.1 Å². The molecule has 1 unspecified atom stereocenters. The molecule has 0 spiro atoms. The van der Waals surface area contributed by atoms with Crippen molar-refractivity contribution >= 4 is 11.3 Å². The Morgan fingerprint density at radius 1 is 1.20 bits per heavy atom. The first-order chi connectivity index (χ1) is 9.69. The summed E-state index contributed by atoms with van der Waals surface area (Å²) in [7, 11) is 0. The standard InChI is InChI=1S/C15H17F2NOS/c1-2-18-14(9-11-7-8-20-10-11)12-3-5-13(6-4-12)19-15(16)17/h3-8,10,14-15,18H,2,9H2,1H3. The van der Waals surface area contributed by atoms with E-state index in [1.54, 1.807) is 23.5 Å². The monoisotopic (exact) mass is 297 g/mol. The van der Waals surface area contributed by atoms with Crippen LogP contribution in [0.2, 0.25) is 0 Å². The molecule has 108 valence electrons. The molecule has 2 rings (SSSR count). The maximum Gasteiger partial charge on any atom is 0.387 e. The third-order valence-electron chi connectivity index (χ3n) is 2.98. The fraction of sp³-hybridized carbons (Fsp3) is 0.333. The summed E-state index contributed by atoms with van der Waals surface area (Å²) in [6.45, 7) is 0.120. The molecule has 20 heavy (non-hydrogen) atoms. The number of thiophene rings is 1. The topological polar surface area (TPSA) is 21.3 Å². The van der Waals surface area contributed by atoms with E-state index in [1.807, 2.05) is 12.1 Å². The van der Waals surface area contributed by atoms with Crippen molar-refractivity contribution in [2.75, 3.05) is 6.54 Å². The molecule has 1 aromatic carbocycles. The lowest BCUT2D eigenvalue weighted by Crippen LogP contribution is -2.22. The minimum atomic E-state index is -2.78. The summed E-state index contributed by atoms with van der Waals surface area (Å²) in [6, 6.07) is 9.10. The zero-order valence-electron chi connectivity index (χ0n) is 11.2. The zero-order valence-corrected chi connectivity index (χ0v) is 12.0. The van der Waals surface area contributed by atoms with Crippen LogP contribution in [0.1, 0.15) is 24.1 Å². The number of likely N-dealkylation sites (N-methyl/N-ethyl adjacent to an activating group) is 1. The molecule has 0 amide bonds. The van der Waals surface area contributed by atoms with Crippen LogP contribution in [0.15, 0.2) is 41.1 Å². The summed E-state index contributed by atoms with van der Waals surface area (Å²) in [5.41, 5.74) is 2.34. The number of hydrogen-bond donors (Lipinski definition) is 1. The molecule has 0 aliphatic carbocycles. The Labute approximate surface area is 121 Å². The predicted molar refractivity (Wildman–Crippen MR) is 77.5 cm³/mol. The SMILES string of the molecule is CCNC(Cc1ccsc1)c1ccc(OC(F)F)cc1. The van der Waals surface area contributed by atoms with E-state index in [1.165, 1.54) is 5.56 Å². The fourth-order valence-electron chi connectivity index (χ4n) is 2.08. The Bertz CT molecular complexity index is 499. The largest absolute Gasteiger partial charge is 0.435 e. The third-order valence-corrected chi connectivity index (χ3v) is 3.71. The second-order valence-electron chi connectivity index (χ2n) is 4.39. The minimum Gasteiger partial charge on any atom is -0.435 e. The van der Waals surface area contributed by atoms with E-state index in [0.717, 1.165) is 18.5 Å². The van der Waals surface area contributed by atoms with E-state index < -0.39 is 6.61 Å². The molecular weight excluding hydrogens is 280 g/mol. The molecular formula is C15H17F2NOS. The molecule has 1 N–H and O–H groups in total. The molecule has 1 heterocycles. The highest BCUT2D eigenvalue weighted by Crippen LogP contribution is 2.23. The minimum absolute atomic E-state index is 0.176. The first-order valence-corrected chi connectivity index (χ1v) is 7.42. The summed E-state index contributed by atoms with van der Waals surface area (Å²) >= 11 is 1.67. The highest BCUT2D eigenvalue weighted by molar-refractivity contribution is 7.07. The van der Waals surface area contributed by atoms with E-state index in [9.17, 15) is 8.78 Å². The van der Waals surface area contributed by atoms with Crippen molar-refractivity contribution in [3.63, 3.8) is 0 Å². The number of alkyl halides is 2. The van der Waals surface area contributed by atoms with Crippen LogP contribution in [-0.2, 0) is 6.42 Å². The lowest BCUT2D eigenvalue weighted by atomic mass is 10.0. The predicted octanol–water partition coefficient (Wildman–Crippen LogP) is 4.24. The first kappa shape index (κ1) is 14.9. The van der Waals surface area contributed by atoms with Gasteiger partial charge in [-0.15, -0.1) is 0 Å². The molecule has 0 bridgehead atoms. The van der Waals surface area contributed by atoms with Gasteiger partial charge in [0.2, 0.25) is 0 Å². The van der Waals surface area contributed by atoms with Crippen LogP contribution in [0.25, 0.3) is 0 Å². The summed E-state index contributed by atoms with van der Waals surface area (Å²) in [5.74, 6) is 0.189. The molecule has 1 atom stereocenters. The number of benzene rings is 1. The van der Waals surface area contributed by atoms with Crippen molar-refractivity contribution < 1.29 is 13.5 Å². The average Bonchev–Trinajstić information content (AvgIpc) is 2.91. The zero-order chi connectivity index (χ0) is 14.4. The van der Waals surface area contributed by atoms with Gasteiger partial charge in [0.05, 0.1) is 0 Å². The number of ether oxygens (including phenoxy) is 1. The van der Waals surface area contributed by atoms with E-state index in [2.05, 4.69) is 33.8 Å². The number of nitrogens with one attached hydrogen (secondary N) is 1. The van der Waals surface area contributed by atoms with E-state index in [4.69, 9.17) is 0 Å². The Balaban J connectivity index is 2.08. The quantitative estimate of drug-likeness (QED) is 0.825. The van der Waals surface area contributed by atoms with Gasteiger partial charge in [0.25, 0.3) is 0 Å². The Morgan fingerprint density at radius 3 is 2.50 bits per heavy atom. The van der Waals surface area contributed by atoms with Crippen LogP contribution in [0, 0.1) is 0 Å². The van der Waals surface area contributed by atoms with Crippen molar-refractivity contribution in [3.05, 3.63) is 52.2 Å². The molecule has 0 fully saturated rings. The summed E-state index contributed by atoms with van der Waals surface area (Å²) < 4.78 is 28.6. The van der Waals surface area contributed by atoms with Gasteiger partial charge in [-0.1, -0.05) is 19.1 Å². The highest BCUT2D eigenvalue weighted by atomic mass is 32.1. The molecule has 0 saturated carbocycles. The average molecular weight is 297 g/mol. The molecule has 2 aromatic rings. The van der Waals surface area contributed by atoms with Crippen molar-refractivity contribution in [3.8, 4) is 5.75 Å². The second-order valence-corrected chi connectivity index (χ2v) is 5.17. The Kier molecular flexibility index (Phi) is 5.49. The number of halogens is 2. The van der Waals surface area contributed by atoms with E-state index >= 15 is 0 Å². The van der Waals surface area contributed by atoms with Crippen LogP contribution in [-0.4, -0.2) is 13.2 Å². The fourth-order valence-corrected chi connectivity index (χ4v) is 2.76. The lowest BCUT2D eigenvalue weighted by Gasteiger charge is -2.18. The second kappa shape index (κ2) is 7.36. The molecule has 0 saturated heterocycles. The van der Waals surface area contributed by atoms with Gasteiger partial charge in [0, 0.05) is 6.04 Å². The van der Waals surface area contributed by atoms with Crippen molar-refractivity contribution in [1.82, 2.24) is 5.32 Å². The molecule has 0 aliphatic heterocycles. The summed E-state index contributed by atoms with van der Waals surface area (Å²) in [6.07, 6.45) is 0.881. The Hall–Kier alpha value is -1.46. The van der Waals surface area contributed by atoms with Crippen LogP contribution in [0.3, 0.4) is 0 Å². The van der Waals surface area contributed by atoms with Crippen molar-refractivity contribution in [2.45, 2.75) is 26.0 Å². The maximum atomic E-state index is 12.1.